The average molecular weight is 174 g/mol. The largest absolute Gasteiger partial charge is 0.305 e. The smallest absolute Gasteiger partial charge is 0.153 e. The van der Waals surface area contributed by atoms with Gasteiger partial charge in [-0.1, -0.05) is 0 Å². The van der Waals surface area contributed by atoms with Crippen LogP contribution in [0.2, 0.25) is 0 Å². The van der Waals surface area contributed by atoms with E-state index in [2.05, 4.69) is 4.98 Å². The van der Waals surface area contributed by atoms with Crippen LogP contribution in [-0.4, -0.2) is 15.7 Å². The highest BCUT2D eigenvalue weighted by Gasteiger charge is 2.03. The zero-order chi connectivity index (χ0) is 9.42. The van der Waals surface area contributed by atoms with E-state index in [0.29, 0.717) is 5.56 Å². The first-order valence-corrected chi connectivity index (χ1v) is 4.12. The molecule has 2 rings (SSSR count). The topological polar surface area (TPSA) is 34.4 Å². The highest BCUT2D eigenvalue weighted by Crippen LogP contribution is 2.11. The van der Waals surface area contributed by atoms with E-state index >= 15 is 0 Å². The van der Waals surface area contributed by atoms with Crippen LogP contribution >= 0.6 is 0 Å². The third-order valence-electron chi connectivity index (χ3n) is 2.18. The molecule has 0 aliphatic carbocycles. The fourth-order valence-electron chi connectivity index (χ4n) is 1.43. The van der Waals surface area contributed by atoms with Crippen LogP contribution in [0, 0.1) is 13.8 Å². The van der Waals surface area contributed by atoms with E-state index in [0.717, 1.165) is 23.2 Å². The molecular weight excluding hydrogens is 164 g/mol. The van der Waals surface area contributed by atoms with Gasteiger partial charge in [-0.25, -0.2) is 4.98 Å². The van der Waals surface area contributed by atoms with E-state index in [1.54, 1.807) is 6.20 Å². The van der Waals surface area contributed by atoms with Crippen LogP contribution in [0.5, 0.6) is 0 Å². The summed E-state index contributed by atoms with van der Waals surface area (Å²) in [7, 11) is 0. The lowest BCUT2D eigenvalue weighted by Gasteiger charge is -2.01. The number of aryl methyl sites for hydroxylation is 2. The molecule has 0 aliphatic heterocycles. The van der Waals surface area contributed by atoms with E-state index in [-0.39, 0.29) is 0 Å². The molecule has 0 saturated heterocycles. The Morgan fingerprint density at radius 2 is 2.23 bits per heavy atom. The lowest BCUT2D eigenvalue weighted by atomic mass is 10.3. The molecule has 0 bridgehead atoms. The van der Waals surface area contributed by atoms with Gasteiger partial charge in [-0.15, -0.1) is 0 Å². The summed E-state index contributed by atoms with van der Waals surface area (Å²) in [6, 6.07) is 1.99. The van der Waals surface area contributed by atoms with Gasteiger partial charge in [0.15, 0.2) is 6.29 Å². The normalized spacial score (nSPS) is 10.6. The summed E-state index contributed by atoms with van der Waals surface area (Å²) in [6.07, 6.45) is 4.42. The average Bonchev–Trinajstić information content (AvgIpc) is 2.47. The predicted octanol–water partition coefficient (Wildman–Crippen LogP) is 1.76. The molecule has 0 aliphatic rings. The number of aromatic nitrogens is 2. The number of nitrogens with zero attached hydrogens (tertiary/aromatic N) is 2. The van der Waals surface area contributed by atoms with Gasteiger partial charge in [0.25, 0.3) is 0 Å². The molecule has 0 atom stereocenters. The van der Waals surface area contributed by atoms with Crippen molar-refractivity contribution in [2.24, 2.45) is 0 Å². The van der Waals surface area contributed by atoms with Crippen LogP contribution in [-0.2, 0) is 0 Å². The number of aldehydes is 1. The highest BCUT2D eigenvalue weighted by molar-refractivity contribution is 5.76. The summed E-state index contributed by atoms with van der Waals surface area (Å²) >= 11 is 0. The van der Waals surface area contributed by atoms with Crippen LogP contribution in [0.25, 0.3) is 5.65 Å². The maximum absolute atomic E-state index is 10.6. The molecule has 0 saturated carbocycles. The Hall–Kier alpha value is -1.64. The van der Waals surface area contributed by atoms with Crippen LogP contribution in [0.1, 0.15) is 21.6 Å². The summed E-state index contributed by atoms with van der Waals surface area (Å²) in [5, 5.41) is 0. The molecular formula is C10H10N2O. The summed E-state index contributed by atoms with van der Waals surface area (Å²) in [5.41, 5.74) is 3.62. The Balaban J connectivity index is 2.85. The summed E-state index contributed by atoms with van der Waals surface area (Å²) < 4.78 is 1.93. The predicted molar refractivity (Wildman–Crippen MR) is 50.1 cm³/mol. The van der Waals surface area contributed by atoms with E-state index < -0.39 is 0 Å². The van der Waals surface area contributed by atoms with E-state index in [1.165, 1.54) is 0 Å². The fourth-order valence-corrected chi connectivity index (χ4v) is 1.43. The third-order valence-corrected chi connectivity index (χ3v) is 2.18. The number of rotatable bonds is 1. The number of hydrogen-bond acceptors (Lipinski definition) is 2. The lowest BCUT2D eigenvalue weighted by molar-refractivity contribution is 0.112. The number of hydrogen-bond donors (Lipinski definition) is 0. The van der Waals surface area contributed by atoms with Crippen LogP contribution in [0.3, 0.4) is 0 Å². The summed E-state index contributed by atoms with van der Waals surface area (Å²) in [5.74, 6) is 0. The molecule has 2 aromatic heterocycles. The Bertz CT molecular complexity index is 471. The first kappa shape index (κ1) is 7.98. The molecule has 0 radical (unpaired) electrons. The molecule has 0 unspecified atom stereocenters. The quantitative estimate of drug-likeness (QED) is 0.617. The van der Waals surface area contributed by atoms with Crippen molar-refractivity contribution < 1.29 is 4.79 Å². The SMILES string of the molecule is Cc1cc2ncc(C=O)c(C)n2c1. The number of carbonyl (C=O) groups is 1. The zero-order valence-electron chi connectivity index (χ0n) is 7.61. The second-order valence-electron chi connectivity index (χ2n) is 3.16. The van der Waals surface area contributed by atoms with Crippen LogP contribution < -0.4 is 0 Å². The standard InChI is InChI=1S/C10H10N2O/c1-7-3-10-11-4-9(6-13)8(2)12(10)5-7/h3-6H,1-2H3. The van der Waals surface area contributed by atoms with Crippen molar-refractivity contribution in [2.75, 3.05) is 0 Å². The molecule has 0 amide bonds. The molecule has 0 fully saturated rings. The molecule has 3 heteroatoms. The first-order valence-electron chi connectivity index (χ1n) is 4.12. The molecule has 3 nitrogen and oxygen atoms in total. The van der Waals surface area contributed by atoms with Crippen molar-refractivity contribution in [2.45, 2.75) is 13.8 Å². The van der Waals surface area contributed by atoms with Crippen molar-refractivity contribution in [1.82, 2.24) is 9.38 Å². The molecule has 2 heterocycles. The monoisotopic (exact) mass is 174 g/mol. The summed E-state index contributed by atoms with van der Waals surface area (Å²) in [6.45, 7) is 3.92. The molecule has 2 aromatic rings. The van der Waals surface area contributed by atoms with Crippen molar-refractivity contribution in [3.8, 4) is 0 Å². The molecule has 66 valence electrons. The Labute approximate surface area is 76.0 Å². The molecule has 0 aromatic carbocycles. The third kappa shape index (κ3) is 1.13. The van der Waals surface area contributed by atoms with Crippen molar-refractivity contribution in [1.29, 1.82) is 0 Å². The minimum absolute atomic E-state index is 0.642. The van der Waals surface area contributed by atoms with Crippen LogP contribution in [0.15, 0.2) is 18.5 Å². The zero-order valence-corrected chi connectivity index (χ0v) is 7.61. The maximum atomic E-state index is 10.6. The van der Waals surface area contributed by atoms with E-state index in [9.17, 15) is 4.79 Å². The van der Waals surface area contributed by atoms with Crippen molar-refractivity contribution in [3.63, 3.8) is 0 Å². The Kier molecular flexibility index (Phi) is 1.65. The van der Waals surface area contributed by atoms with Gasteiger partial charge in [-0.05, 0) is 25.5 Å². The van der Waals surface area contributed by atoms with E-state index in [4.69, 9.17) is 0 Å². The Morgan fingerprint density at radius 3 is 2.92 bits per heavy atom. The number of carbonyl (C=O) groups excluding carboxylic acids is 1. The summed E-state index contributed by atoms with van der Waals surface area (Å²) in [4.78, 5) is 14.8. The lowest BCUT2D eigenvalue weighted by Crippen LogP contribution is -1.97. The minimum Gasteiger partial charge on any atom is -0.305 e. The molecule has 13 heavy (non-hydrogen) atoms. The van der Waals surface area contributed by atoms with Crippen molar-refractivity contribution in [3.05, 3.63) is 35.3 Å². The molecule has 0 spiro atoms. The van der Waals surface area contributed by atoms with Gasteiger partial charge in [-0.2, -0.15) is 0 Å². The minimum atomic E-state index is 0.642. The van der Waals surface area contributed by atoms with Crippen LogP contribution in [0.4, 0.5) is 0 Å². The van der Waals surface area contributed by atoms with Gasteiger partial charge in [0, 0.05) is 18.1 Å². The van der Waals surface area contributed by atoms with Gasteiger partial charge < -0.3 is 4.40 Å². The number of fused-ring (bicyclic) bond motifs is 1. The second kappa shape index (κ2) is 2.69. The first-order chi connectivity index (χ1) is 6.22. The van der Waals surface area contributed by atoms with Gasteiger partial charge >= 0.3 is 0 Å². The maximum Gasteiger partial charge on any atom is 0.153 e. The second-order valence-corrected chi connectivity index (χ2v) is 3.16. The van der Waals surface area contributed by atoms with Gasteiger partial charge in [0.2, 0.25) is 0 Å². The highest BCUT2D eigenvalue weighted by atomic mass is 16.1. The Morgan fingerprint density at radius 1 is 1.46 bits per heavy atom. The fraction of sp³-hybridized carbons (Fsp3) is 0.200. The van der Waals surface area contributed by atoms with Gasteiger partial charge in [-0.3, -0.25) is 4.79 Å². The molecule has 0 N–H and O–H groups in total. The van der Waals surface area contributed by atoms with Crippen molar-refractivity contribution >= 4 is 11.9 Å². The van der Waals surface area contributed by atoms with Gasteiger partial charge in [0.1, 0.15) is 5.65 Å². The van der Waals surface area contributed by atoms with Gasteiger partial charge in [0.05, 0.1) is 5.56 Å². The van der Waals surface area contributed by atoms with E-state index in [1.807, 2.05) is 30.5 Å².